The van der Waals surface area contributed by atoms with E-state index >= 15 is 0 Å². The second-order valence-corrected chi connectivity index (χ2v) is 8.58. The van der Waals surface area contributed by atoms with E-state index in [-0.39, 0.29) is 17.9 Å². The lowest BCUT2D eigenvalue weighted by Gasteiger charge is -2.30. The average Bonchev–Trinajstić information content (AvgIpc) is 3.29. The molecule has 8 heteroatoms. The second-order valence-electron chi connectivity index (χ2n) is 8.58. The summed E-state index contributed by atoms with van der Waals surface area (Å²) in [7, 11) is 0. The topological polar surface area (TPSA) is 112 Å². The number of likely N-dealkylation sites (tertiary alicyclic amines) is 2. The maximum absolute atomic E-state index is 12.5. The van der Waals surface area contributed by atoms with Crippen LogP contribution < -0.4 is 11.1 Å². The highest BCUT2D eigenvalue weighted by Crippen LogP contribution is 2.46. The van der Waals surface area contributed by atoms with Gasteiger partial charge in [0.25, 0.3) is 6.47 Å². The summed E-state index contributed by atoms with van der Waals surface area (Å²) in [5.74, 6) is 1.11. The first-order valence-corrected chi connectivity index (χ1v) is 11.1. The third-order valence-corrected chi connectivity index (χ3v) is 6.52. The number of hydrogen-bond donors (Lipinski definition) is 3. The van der Waals surface area contributed by atoms with E-state index in [2.05, 4.69) is 51.6 Å². The molecule has 1 aromatic heterocycles. The number of nitrogens with zero attached hydrogens (tertiary/aromatic N) is 3. The fourth-order valence-electron chi connectivity index (χ4n) is 5.05. The summed E-state index contributed by atoms with van der Waals surface area (Å²) in [5, 5.41) is 9.86. The molecule has 172 valence electrons. The number of hydrogen-bond acceptors (Lipinski definition) is 5. The fourth-order valence-corrected chi connectivity index (χ4v) is 5.05. The minimum absolute atomic E-state index is 0.0732. The molecule has 2 unspecified atom stereocenters. The number of anilines is 1. The molecule has 0 spiro atoms. The Hall–Kier alpha value is -3.13. The summed E-state index contributed by atoms with van der Waals surface area (Å²) >= 11 is 0. The van der Waals surface area contributed by atoms with Crippen molar-refractivity contribution in [2.24, 2.45) is 11.3 Å². The predicted octanol–water partition coefficient (Wildman–Crippen LogP) is 2.46. The summed E-state index contributed by atoms with van der Waals surface area (Å²) in [6.45, 7) is 6.87. The summed E-state index contributed by atoms with van der Waals surface area (Å²) in [5.41, 5.74) is 8.67. The van der Waals surface area contributed by atoms with Crippen LogP contribution in [-0.2, 0) is 17.8 Å². The number of nitrogens with one attached hydrogen (secondary N) is 1. The zero-order chi connectivity index (χ0) is 23.0. The van der Waals surface area contributed by atoms with E-state index in [0.29, 0.717) is 18.3 Å². The van der Waals surface area contributed by atoms with Crippen molar-refractivity contribution in [2.75, 3.05) is 38.5 Å². The normalized spacial score (nSPS) is 22.0. The molecule has 0 radical (unpaired) electrons. The molecular formula is C24H33N5O3. The summed E-state index contributed by atoms with van der Waals surface area (Å²) in [4.78, 5) is 29.6. The standard InChI is InChI=1S/C23H31N5O.CH2O2/c1-2-25-22(29)28-15-20-14-27(13-19-9-6-12-26-21(19)24)16-23(20,17-28)11-10-18-7-4-3-5-8-18;2-1-3/h3-9,12,20H,2,10-11,13-17H2,1H3,(H2,24,26)(H,25,29);1H,(H,2,3). The molecule has 1 aromatic carbocycles. The minimum Gasteiger partial charge on any atom is -0.483 e. The second kappa shape index (κ2) is 10.9. The van der Waals surface area contributed by atoms with Gasteiger partial charge in [0.1, 0.15) is 5.82 Å². The van der Waals surface area contributed by atoms with Gasteiger partial charge in [0, 0.05) is 56.4 Å². The van der Waals surface area contributed by atoms with Crippen molar-refractivity contribution >= 4 is 18.3 Å². The number of carbonyl (C=O) groups is 2. The highest BCUT2D eigenvalue weighted by molar-refractivity contribution is 5.74. The largest absolute Gasteiger partial charge is 0.483 e. The van der Waals surface area contributed by atoms with Crippen LogP contribution in [0.15, 0.2) is 48.7 Å². The van der Waals surface area contributed by atoms with Gasteiger partial charge in [-0.1, -0.05) is 36.4 Å². The van der Waals surface area contributed by atoms with E-state index in [9.17, 15) is 4.79 Å². The zero-order valence-corrected chi connectivity index (χ0v) is 18.6. The molecule has 2 saturated heterocycles. The number of amides is 2. The first kappa shape index (κ1) is 23.5. The fraction of sp³-hybridized carbons (Fsp3) is 0.458. The van der Waals surface area contributed by atoms with Crippen molar-refractivity contribution in [3.63, 3.8) is 0 Å². The Morgan fingerprint density at radius 3 is 2.69 bits per heavy atom. The number of carbonyl (C=O) groups excluding carboxylic acids is 1. The Balaban J connectivity index is 0.000000913. The summed E-state index contributed by atoms with van der Waals surface area (Å²) < 4.78 is 0. The van der Waals surface area contributed by atoms with Gasteiger partial charge < -0.3 is 21.1 Å². The molecule has 2 atom stereocenters. The van der Waals surface area contributed by atoms with Gasteiger partial charge in [-0.3, -0.25) is 9.69 Å². The SMILES string of the molecule is CCNC(=O)N1CC2CN(Cc3cccnc3N)CC2(CCc2ccccc2)C1.O=CO. The number of nitrogens with two attached hydrogens (primary N) is 1. The predicted molar refractivity (Wildman–Crippen MR) is 124 cm³/mol. The molecule has 4 rings (SSSR count). The lowest BCUT2D eigenvalue weighted by molar-refractivity contribution is -0.122. The number of carboxylic acid groups (broad SMARTS) is 1. The van der Waals surface area contributed by atoms with E-state index in [1.165, 1.54) is 5.56 Å². The molecule has 3 heterocycles. The molecular weight excluding hydrogens is 406 g/mol. The average molecular weight is 440 g/mol. The van der Waals surface area contributed by atoms with Gasteiger partial charge in [-0.05, 0) is 37.3 Å². The Labute approximate surface area is 189 Å². The first-order valence-electron chi connectivity index (χ1n) is 11.1. The maximum Gasteiger partial charge on any atom is 0.317 e. The smallest absolute Gasteiger partial charge is 0.317 e. The molecule has 8 nitrogen and oxygen atoms in total. The van der Waals surface area contributed by atoms with Crippen LogP contribution in [0.25, 0.3) is 0 Å². The number of aromatic nitrogens is 1. The van der Waals surface area contributed by atoms with Crippen LogP contribution in [0, 0.1) is 11.3 Å². The Morgan fingerprint density at radius 2 is 2.00 bits per heavy atom. The van der Waals surface area contributed by atoms with Gasteiger partial charge in [0.05, 0.1) is 0 Å². The summed E-state index contributed by atoms with van der Waals surface area (Å²) in [6.07, 6.45) is 3.88. The summed E-state index contributed by atoms with van der Waals surface area (Å²) in [6, 6.07) is 14.8. The van der Waals surface area contributed by atoms with Crippen LogP contribution in [0.2, 0.25) is 0 Å². The van der Waals surface area contributed by atoms with E-state index in [0.717, 1.165) is 51.1 Å². The van der Waals surface area contributed by atoms with Crippen LogP contribution in [0.4, 0.5) is 10.6 Å². The van der Waals surface area contributed by atoms with Crippen molar-refractivity contribution in [3.05, 3.63) is 59.8 Å². The number of aryl methyl sites for hydroxylation is 1. The monoisotopic (exact) mass is 439 g/mol. The maximum atomic E-state index is 12.5. The highest BCUT2D eigenvalue weighted by Gasteiger charge is 2.52. The third-order valence-electron chi connectivity index (χ3n) is 6.52. The van der Waals surface area contributed by atoms with Gasteiger partial charge in [-0.15, -0.1) is 0 Å². The van der Waals surface area contributed by atoms with Gasteiger partial charge in [0.2, 0.25) is 0 Å². The van der Waals surface area contributed by atoms with E-state index in [1.807, 2.05) is 17.9 Å². The number of benzene rings is 1. The quantitative estimate of drug-likeness (QED) is 0.596. The molecule has 2 aliphatic heterocycles. The van der Waals surface area contributed by atoms with Gasteiger partial charge in [-0.2, -0.15) is 0 Å². The van der Waals surface area contributed by atoms with Crippen molar-refractivity contribution < 1.29 is 14.7 Å². The van der Waals surface area contributed by atoms with Crippen molar-refractivity contribution in [3.8, 4) is 0 Å². The molecule has 2 aliphatic rings. The van der Waals surface area contributed by atoms with Crippen molar-refractivity contribution in [2.45, 2.75) is 26.3 Å². The minimum atomic E-state index is -0.250. The number of urea groups is 1. The lowest BCUT2D eigenvalue weighted by atomic mass is 9.76. The zero-order valence-electron chi connectivity index (χ0n) is 18.6. The van der Waals surface area contributed by atoms with E-state index in [1.54, 1.807) is 6.20 Å². The van der Waals surface area contributed by atoms with Crippen molar-refractivity contribution in [1.82, 2.24) is 20.1 Å². The number of nitrogen functional groups attached to an aromatic ring is 1. The van der Waals surface area contributed by atoms with Gasteiger partial charge in [-0.25, -0.2) is 9.78 Å². The lowest BCUT2D eigenvalue weighted by Crippen LogP contribution is -2.42. The van der Waals surface area contributed by atoms with Crippen LogP contribution >= 0.6 is 0 Å². The van der Waals surface area contributed by atoms with Crippen LogP contribution in [-0.4, -0.2) is 65.1 Å². The molecule has 0 saturated carbocycles. The van der Waals surface area contributed by atoms with Crippen LogP contribution in [0.5, 0.6) is 0 Å². The first-order chi connectivity index (χ1) is 15.5. The molecule has 4 N–H and O–H groups in total. The molecule has 32 heavy (non-hydrogen) atoms. The van der Waals surface area contributed by atoms with Crippen LogP contribution in [0.1, 0.15) is 24.5 Å². The number of fused-ring (bicyclic) bond motifs is 1. The Morgan fingerprint density at radius 1 is 1.25 bits per heavy atom. The van der Waals surface area contributed by atoms with Gasteiger partial charge >= 0.3 is 6.03 Å². The Bertz CT molecular complexity index is 894. The highest BCUT2D eigenvalue weighted by atomic mass is 16.3. The third kappa shape index (κ3) is 5.56. The molecule has 2 aromatic rings. The van der Waals surface area contributed by atoms with E-state index < -0.39 is 0 Å². The van der Waals surface area contributed by atoms with E-state index in [4.69, 9.17) is 15.6 Å². The molecule has 2 fully saturated rings. The number of pyridine rings is 1. The van der Waals surface area contributed by atoms with Crippen molar-refractivity contribution in [1.29, 1.82) is 0 Å². The molecule has 2 amide bonds. The number of rotatable bonds is 6. The van der Waals surface area contributed by atoms with Gasteiger partial charge in [0.15, 0.2) is 0 Å². The molecule has 0 aliphatic carbocycles. The Kier molecular flexibility index (Phi) is 8.05. The molecule has 0 bridgehead atoms. The van der Waals surface area contributed by atoms with Crippen LogP contribution in [0.3, 0.4) is 0 Å².